The Morgan fingerprint density at radius 1 is 0.667 bits per heavy atom. The molecule has 0 spiro atoms. The lowest BCUT2D eigenvalue weighted by Gasteiger charge is -2.45. The number of aliphatic hydroxyl groups is 9. The van der Waals surface area contributed by atoms with Gasteiger partial charge in [0.25, 0.3) is 0 Å². The molecule has 3 heterocycles. The minimum atomic E-state index is -1.81. The summed E-state index contributed by atoms with van der Waals surface area (Å²) in [6.45, 7) is 1.50. The molecule has 3 aliphatic heterocycles. The number of aliphatic hydroxyl groups excluding tert-OH is 9. The van der Waals surface area contributed by atoms with Gasteiger partial charge < -0.3 is 74.4 Å². The summed E-state index contributed by atoms with van der Waals surface area (Å²) < 4.78 is 31.6. The molecular weight excluding hydrogens is 496 g/mol. The van der Waals surface area contributed by atoms with Gasteiger partial charge in [-0.05, 0) is 6.92 Å². The molecule has 15 atom stereocenters. The van der Waals surface area contributed by atoms with Crippen LogP contribution >= 0.6 is 0 Å². The van der Waals surface area contributed by atoms with Crippen LogP contribution in [0.15, 0.2) is 0 Å². The van der Waals surface area contributed by atoms with Crippen LogP contribution in [0.25, 0.3) is 0 Å². The third-order valence-corrected chi connectivity index (χ3v) is 6.30. The average molecular weight is 530 g/mol. The van der Waals surface area contributed by atoms with E-state index in [0.29, 0.717) is 0 Å². The van der Waals surface area contributed by atoms with Gasteiger partial charge in [0.2, 0.25) is 0 Å². The molecule has 36 heavy (non-hydrogen) atoms. The Morgan fingerprint density at radius 3 is 1.78 bits per heavy atom. The van der Waals surface area contributed by atoms with Crippen LogP contribution in [0.5, 0.6) is 0 Å². The van der Waals surface area contributed by atoms with Crippen molar-refractivity contribution in [1.82, 2.24) is 0 Å². The van der Waals surface area contributed by atoms with Gasteiger partial charge in [-0.15, -0.1) is 0 Å². The second-order valence-corrected chi connectivity index (χ2v) is 8.98. The van der Waals surface area contributed by atoms with Crippen LogP contribution in [-0.4, -0.2) is 157 Å². The third-order valence-electron chi connectivity index (χ3n) is 6.30. The summed E-state index contributed by atoms with van der Waals surface area (Å²) in [5.74, 6) is -0.675. The maximum atomic E-state index is 11.0. The third kappa shape index (κ3) is 6.30. The number of carbonyl (C=O) groups excluding carboxylic acids is 1. The number of hydrogen-bond acceptors (Lipinski definition) is 16. The van der Waals surface area contributed by atoms with E-state index in [4.69, 9.17) is 28.4 Å². The second-order valence-electron chi connectivity index (χ2n) is 8.98. The van der Waals surface area contributed by atoms with E-state index in [1.807, 2.05) is 0 Å². The van der Waals surface area contributed by atoms with E-state index in [1.54, 1.807) is 0 Å². The molecule has 0 amide bonds. The number of carbonyl (C=O) groups is 1. The molecule has 0 aliphatic carbocycles. The topological polar surface area (TPSA) is 255 Å². The lowest BCUT2D eigenvalue weighted by molar-refractivity contribution is -0.359. The monoisotopic (exact) mass is 530 g/mol. The Morgan fingerprint density at radius 2 is 1.19 bits per heavy atom. The summed E-state index contributed by atoms with van der Waals surface area (Å²) in [6.07, 6.45) is -23.7. The maximum Gasteiger partial charge on any atom is 0.302 e. The zero-order valence-corrected chi connectivity index (χ0v) is 19.5. The molecule has 0 bridgehead atoms. The summed E-state index contributed by atoms with van der Waals surface area (Å²) in [6, 6.07) is 0. The van der Waals surface area contributed by atoms with E-state index in [0.717, 1.165) is 6.92 Å². The molecule has 0 aromatic carbocycles. The number of hydrogen-bond donors (Lipinski definition) is 9. The molecule has 0 aromatic rings. The maximum absolute atomic E-state index is 11.0. The van der Waals surface area contributed by atoms with Crippen molar-refractivity contribution in [3.63, 3.8) is 0 Å². The van der Waals surface area contributed by atoms with Gasteiger partial charge in [0.1, 0.15) is 73.8 Å². The first-order valence-electron chi connectivity index (χ1n) is 11.3. The van der Waals surface area contributed by atoms with Gasteiger partial charge in [0.05, 0.1) is 12.7 Å². The largest absolute Gasteiger partial charge is 0.463 e. The molecule has 3 fully saturated rings. The van der Waals surface area contributed by atoms with Gasteiger partial charge in [-0.2, -0.15) is 0 Å². The number of rotatable bonds is 7. The Labute approximate surface area is 205 Å². The van der Waals surface area contributed by atoms with Crippen molar-refractivity contribution < 1.29 is 79.2 Å². The quantitative estimate of drug-likeness (QED) is 0.139. The molecule has 9 N–H and O–H groups in total. The minimum absolute atomic E-state index is 0.450. The van der Waals surface area contributed by atoms with Gasteiger partial charge in [0, 0.05) is 6.92 Å². The van der Waals surface area contributed by atoms with Crippen molar-refractivity contribution in [3.05, 3.63) is 0 Å². The average Bonchev–Trinajstić information content (AvgIpc) is 2.83. The van der Waals surface area contributed by atoms with Crippen LogP contribution in [0.4, 0.5) is 0 Å². The van der Waals surface area contributed by atoms with E-state index in [-0.39, 0.29) is 0 Å². The molecular formula is C20H34O16. The van der Waals surface area contributed by atoms with E-state index < -0.39 is 111 Å². The van der Waals surface area contributed by atoms with Crippen LogP contribution in [-0.2, 0) is 33.2 Å². The van der Waals surface area contributed by atoms with Crippen LogP contribution in [0.2, 0.25) is 0 Å². The van der Waals surface area contributed by atoms with E-state index in [9.17, 15) is 50.8 Å². The lowest BCUT2D eigenvalue weighted by Crippen LogP contribution is -2.64. The SMILES string of the molecule is CC(=O)OCC1OC(OCC2OC(OC3C(C)OC(O)C(O)C3O)C(O)C(O)C2O)C(O)C(O)C1O. The zero-order chi connectivity index (χ0) is 26.9. The highest BCUT2D eigenvalue weighted by atomic mass is 16.7. The molecule has 0 radical (unpaired) electrons. The first-order valence-corrected chi connectivity index (χ1v) is 11.3. The first-order chi connectivity index (χ1) is 16.8. The summed E-state index contributed by atoms with van der Waals surface area (Å²) in [5, 5.41) is 90.9. The molecule has 3 saturated heterocycles. The van der Waals surface area contributed by atoms with E-state index >= 15 is 0 Å². The highest BCUT2D eigenvalue weighted by Crippen LogP contribution is 2.29. The van der Waals surface area contributed by atoms with Crippen LogP contribution in [0.1, 0.15) is 13.8 Å². The molecule has 3 aliphatic rings. The van der Waals surface area contributed by atoms with Crippen molar-refractivity contribution >= 4 is 5.97 Å². The molecule has 0 saturated carbocycles. The van der Waals surface area contributed by atoms with Crippen molar-refractivity contribution in [2.24, 2.45) is 0 Å². The standard InChI is InChI=1S/C20H34O16/c1-5-17(13(26)14(27)18(30)33-5)36-20-16(29)12(25)10(23)8(35-20)4-32-19-15(28)11(24)9(22)7(34-19)3-31-6(2)21/h5,7-20,22-30H,3-4H2,1-2H3. The number of ether oxygens (including phenoxy) is 6. The first kappa shape index (κ1) is 29.5. The van der Waals surface area contributed by atoms with Gasteiger partial charge in [0.15, 0.2) is 18.9 Å². The molecule has 3 rings (SSSR count). The fraction of sp³-hybridized carbons (Fsp3) is 0.950. The Hall–Kier alpha value is -1.09. The summed E-state index contributed by atoms with van der Waals surface area (Å²) in [4.78, 5) is 11.0. The fourth-order valence-corrected chi connectivity index (χ4v) is 4.11. The summed E-state index contributed by atoms with van der Waals surface area (Å²) in [5.41, 5.74) is 0. The van der Waals surface area contributed by atoms with E-state index in [1.165, 1.54) is 6.92 Å². The van der Waals surface area contributed by atoms with Crippen LogP contribution < -0.4 is 0 Å². The van der Waals surface area contributed by atoms with Gasteiger partial charge in [-0.1, -0.05) is 0 Å². The summed E-state index contributed by atoms with van der Waals surface area (Å²) >= 11 is 0. The number of esters is 1. The fourth-order valence-electron chi connectivity index (χ4n) is 4.11. The van der Waals surface area contributed by atoms with Crippen molar-refractivity contribution in [2.75, 3.05) is 13.2 Å². The zero-order valence-electron chi connectivity index (χ0n) is 19.5. The molecule has 15 unspecified atom stereocenters. The predicted molar refractivity (Wildman–Crippen MR) is 109 cm³/mol. The van der Waals surface area contributed by atoms with Crippen molar-refractivity contribution in [3.8, 4) is 0 Å². The molecule has 16 heteroatoms. The smallest absolute Gasteiger partial charge is 0.302 e. The highest BCUT2D eigenvalue weighted by Gasteiger charge is 2.50. The Kier molecular flexibility index (Phi) is 9.97. The second kappa shape index (κ2) is 12.2. The Balaban J connectivity index is 1.64. The van der Waals surface area contributed by atoms with Crippen molar-refractivity contribution in [1.29, 1.82) is 0 Å². The van der Waals surface area contributed by atoms with Gasteiger partial charge in [-0.3, -0.25) is 4.79 Å². The van der Waals surface area contributed by atoms with Gasteiger partial charge in [-0.25, -0.2) is 0 Å². The normalized spacial score (nSPS) is 50.0. The van der Waals surface area contributed by atoms with Gasteiger partial charge >= 0.3 is 5.97 Å². The predicted octanol–water partition coefficient (Wildman–Crippen LogP) is -5.97. The van der Waals surface area contributed by atoms with Crippen LogP contribution in [0.3, 0.4) is 0 Å². The van der Waals surface area contributed by atoms with E-state index in [2.05, 4.69) is 0 Å². The molecule has 0 aromatic heterocycles. The van der Waals surface area contributed by atoms with Crippen LogP contribution in [0, 0.1) is 0 Å². The highest BCUT2D eigenvalue weighted by molar-refractivity contribution is 5.65. The minimum Gasteiger partial charge on any atom is -0.463 e. The lowest BCUT2D eigenvalue weighted by atomic mass is 9.97. The molecule has 16 nitrogen and oxygen atoms in total. The molecule has 210 valence electrons. The summed E-state index contributed by atoms with van der Waals surface area (Å²) in [7, 11) is 0. The van der Waals surface area contributed by atoms with Crippen molar-refractivity contribution in [2.45, 2.75) is 106 Å². The Bertz CT molecular complexity index is 726.